The summed E-state index contributed by atoms with van der Waals surface area (Å²) in [5, 5.41) is 0. The average molecular weight is 185 g/mol. The lowest BCUT2D eigenvalue weighted by Gasteiger charge is -2.18. The Balaban J connectivity index is 1.89. The molecule has 0 N–H and O–H groups in total. The van der Waals surface area contributed by atoms with Gasteiger partial charge in [0.15, 0.2) is 0 Å². The van der Waals surface area contributed by atoms with Crippen molar-refractivity contribution >= 4 is 17.7 Å². The number of amides is 1. The van der Waals surface area contributed by atoms with Gasteiger partial charge in [0.05, 0.1) is 0 Å². The number of hydrogen-bond acceptors (Lipinski definition) is 2. The Morgan fingerprint density at radius 1 is 1.33 bits per heavy atom. The molecular formula is C9H15NOS. The minimum atomic E-state index is 0.355. The molecule has 2 nitrogen and oxygen atoms in total. The van der Waals surface area contributed by atoms with Crippen molar-refractivity contribution in [3.8, 4) is 0 Å². The minimum Gasteiger partial charge on any atom is -0.342 e. The first-order valence-corrected chi connectivity index (χ1v) is 5.90. The molecule has 2 aliphatic rings. The molecule has 12 heavy (non-hydrogen) atoms. The molecule has 2 fully saturated rings. The molecule has 1 amide bonds. The minimum absolute atomic E-state index is 0.355. The van der Waals surface area contributed by atoms with Crippen LogP contribution in [0.1, 0.15) is 19.3 Å². The summed E-state index contributed by atoms with van der Waals surface area (Å²) in [6.07, 6.45) is 3.54. The van der Waals surface area contributed by atoms with Crippen LogP contribution in [0.5, 0.6) is 0 Å². The standard InChI is InChI=1S/C9H15NOS/c11-9(8-3-6-12-7-8)10-4-1-2-5-10/h8H,1-7H2. The number of hydrogen-bond donors (Lipinski definition) is 0. The van der Waals surface area contributed by atoms with Crippen molar-refractivity contribution in [2.24, 2.45) is 5.92 Å². The monoisotopic (exact) mass is 185 g/mol. The summed E-state index contributed by atoms with van der Waals surface area (Å²) in [5.41, 5.74) is 0. The fraction of sp³-hybridized carbons (Fsp3) is 0.889. The Morgan fingerprint density at radius 2 is 2.08 bits per heavy atom. The van der Waals surface area contributed by atoms with Crippen molar-refractivity contribution in [1.82, 2.24) is 4.90 Å². The van der Waals surface area contributed by atoms with Gasteiger partial charge in [-0.3, -0.25) is 4.79 Å². The van der Waals surface area contributed by atoms with E-state index in [0.717, 1.165) is 25.3 Å². The first-order chi connectivity index (χ1) is 5.88. The molecule has 0 saturated carbocycles. The van der Waals surface area contributed by atoms with E-state index in [2.05, 4.69) is 4.90 Å². The Labute approximate surface area is 77.7 Å². The second-order valence-corrected chi connectivity index (χ2v) is 4.74. The van der Waals surface area contributed by atoms with Crippen LogP contribution in [0.25, 0.3) is 0 Å². The molecule has 0 aromatic rings. The van der Waals surface area contributed by atoms with Gasteiger partial charge in [-0.1, -0.05) is 0 Å². The average Bonchev–Trinajstić information content (AvgIpc) is 2.77. The molecular weight excluding hydrogens is 170 g/mol. The van der Waals surface area contributed by atoms with Gasteiger partial charge in [0.1, 0.15) is 0 Å². The van der Waals surface area contributed by atoms with Crippen molar-refractivity contribution in [2.75, 3.05) is 24.6 Å². The Bertz CT molecular complexity index is 153. The summed E-state index contributed by atoms with van der Waals surface area (Å²) in [6.45, 7) is 2.03. The maximum Gasteiger partial charge on any atom is 0.226 e. The van der Waals surface area contributed by atoms with E-state index < -0.39 is 0 Å². The first kappa shape index (κ1) is 8.42. The van der Waals surface area contributed by atoms with Crippen LogP contribution >= 0.6 is 11.8 Å². The highest BCUT2D eigenvalue weighted by Gasteiger charge is 2.28. The molecule has 3 heteroatoms. The summed E-state index contributed by atoms with van der Waals surface area (Å²) in [7, 11) is 0. The van der Waals surface area contributed by atoms with Gasteiger partial charge in [-0.05, 0) is 25.0 Å². The van der Waals surface area contributed by atoms with Crippen LogP contribution < -0.4 is 0 Å². The number of likely N-dealkylation sites (tertiary alicyclic amines) is 1. The van der Waals surface area contributed by atoms with E-state index in [0.29, 0.717) is 11.8 Å². The van der Waals surface area contributed by atoms with Crippen molar-refractivity contribution in [2.45, 2.75) is 19.3 Å². The van der Waals surface area contributed by atoms with E-state index in [4.69, 9.17) is 0 Å². The lowest BCUT2D eigenvalue weighted by Crippen LogP contribution is -2.33. The third-order valence-electron chi connectivity index (χ3n) is 2.70. The third-order valence-corrected chi connectivity index (χ3v) is 3.86. The molecule has 1 atom stereocenters. The molecule has 0 aliphatic carbocycles. The van der Waals surface area contributed by atoms with E-state index in [9.17, 15) is 4.79 Å². The van der Waals surface area contributed by atoms with Crippen LogP contribution in [0.3, 0.4) is 0 Å². The van der Waals surface area contributed by atoms with Crippen LogP contribution in [0, 0.1) is 5.92 Å². The zero-order chi connectivity index (χ0) is 8.39. The molecule has 68 valence electrons. The van der Waals surface area contributed by atoms with Crippen LogP contribution in [0.4, 0.5) is 0 Å². The number of carbonyl (C=O) groups excluding carboxylic acids is 1. The molecule has 2 rings (SSSR count). The van der Waals surface area contributed by atoms with Crippen LogP contribution in [0.2, 0.25) is 0 Å². The molecule has 2 heterocycles. The van der Waals surface area contributed by atoms with Gasteiger partial charge < -0.3 is 4.90 Å². The van der Waals surface area contributed by atoms with Gasteiger partial charge in [0, 0.05) is 24.8 Å². The van der Waals surface area contributed by atoms with E-state index in [1.807, 2.05) is 11.8 Å². The molecule has 0 bridgehead atoms. The largest absolute Gasteiger partial charge is 0.342 e. The maximum atomic E-state index is 11.8. The van der Waals surface area contributed by atoms with Gasteiger partial charge in [0.25, 0.3) is 0 Å². The predicted molar refractivity (Wildman–Crippen MR) is 51.2 cm³/mol. The molecule has 0 aromatic carbocycles. The van der Waals surface area contributed by atoms with Gasteiger partial charge in [-0.2, -0.15) is 11.8 Å². The summed E-state index contributed by atoms with van der Waals surface area (Å²) in [5.74, 6) is 3.03. The van der Waals surface area contributed by atoms with E-state index in [1.165, 1.54) is 18.6 Å². The highest BCUT2D eigenvalue weighted by Crippen LogP contribution is 2.26. The van der Waals surface area contributed by atoms with Crippen LogP contribution in [0.15, 0.2) is 0 Å². The van der Waals surface area contributed by atoms with Crippen LogP contribution in [-0.4, -0.2) is 35.4 Å². The second-order valence-electron chi connectivity index (χ2n) is 3.59. The lowest BCUT2D eigenvalue weighted by atomic mass is 10.1. The fourth-order valence-corrected chi connectivity index (χ4v) is 3.14. The molecule has 0 spiro atoms. The van der Waals surface area contributed by atoms with Gasteiger partial charge in [-0.25, -0.2) is 0 Å². The molecule has 0 radical (unpaired) electrons. The third kappa shape index (κ3) is 1.60. The van der Waals surface area contributed by atoms with Crippen molar-refractivity contribution < 1.29 is 4.79 Å². The predicted octanol–water partition coefficient (Wildman–Crippen LogP) is 1.36. The Kier molecular flexibility index (Phi) is 2.59. The molecule has 2 saturated heterocycles. The SMILES string of the molecule is O=C(C1CCSC1)N1CCCC1. The van der Waals surface area contributed by atoms with Crippen molar-refractivity contribution in [3.05, 3.63) is 0 Å². The Hall–Kier alpha value is -0.180. The van der Waals surface area contributed by atoms with E-state index in [-0.39, 0.29) is 0 Å². The van der Waals surface area contributed by atoms with Crippen molar-refractivity contribution in [1.29, 1.82) is 0 Å². The number of thioether (sulfide) groups is 1. The quantitative estimate of drug-likeness (QED) is 0.615. The summed E-state index contributed by atoms with van der Waals surface area (Å²) < 4.78 is 0. The topological polar surface area (TPSA) is 20.3 Å². The van der Waals surface area contributed by atoms with E-state index in [1.54, 1.807) is 0 Å². The zero-order valence-corrected chi connectivity index (χ0v) is 8.11. The summed E-state index contributed by atoms with van der Waals surface area (Å²) in [6, 6.07) is 0. The summed E-state index contributed by atoms with van der Waals surface area (Å²) >= 11 is 1.92. The number of nitrogens with zero attached hydrogens (tertiary/aromatic N) is 1. The second kappa shape index (κ2) is 3.69. The van der Waals surface area contributed by atoms with Crippen molar-refractivity contribution in [3.63, 3.8) is 0 Å². The molecule has 0 aromatic heterocycles. The fourth-order valence-electron chi connectivity index (χ4n) is 1.92. The highest BCUT2D eigenvalue weighted by atomic mass is 32.2. The number of rotatable bonds is 1. The highest BCUT2D eigenvalue weighted by molar-refractivity contribution is 7.99. The molecule has 2 aliphatic heterocycles. The Morgan fingerprint density at radius 3 is 2.67 bits per heavy atom. The van der Waals surface area contributed by atoms with Gasteiger partial charge in [-0.15, -0.1) is 0 Å². The zero-order valence-electron chi connectivity index (χ0n) is 7.29. The van der Waals surface area contributed by atoms with E-state index >= 15 is 0 Å². The number of carbonyl (C=O) groups is 1. The smallest absolute Gasteiger partial charge is 0.226 e. The first-order valence-electron chi connectivity index (χ1n) is 4.74. The maximum absolute atomic E-state index is 11.8. The van der Waals surface area contributed by atoms with Crippen LogP contribution in [-0.2, 0) is 4.79 Å². The van der Waals surface area contributed by atoms with Gasteiger partial charge in [0.2, 0.25) is 5.91 Å². The normalized spacial score (nSPS) is 29.7. The summed E-state index contributed by atoms with van der Waals surface area (Å²) in [4.78, 5) is 13.8. The molecule has 1 unspecified atom stereocenters. The lowest BCUT2D eigenvalue weighted by molar-refractivity contribution is -0.133. The van der Waals surface area contributed by atoms with Gasteiger partial charge >= 0.3 is 0 Å².